The molecule has 2 atom stereocenters. The van der Waals surface area contributed by atoms with Gasteiger partial charge in [-0.3, -0.25) is 24.1 Å². The Kier molecular flexibility index (Phi) is 5.83. The summed E-state index contributed by atoms with van der Waals surface area (Å²) in [4.78, 5) is 47.7. The fourth-order valence-electron chi connectivity index (χ4n) is 1.89. The lowest BCUT2D eigenvalue weighted by molar-refractivity contribution is -0.142. The van der Waals surface area contributed by atoms with Gasteiger partial charge in [-0.05, 0) is 26.0 Å². The summed E-state index contributed by atoms with van der Waals surface area (Å²) in [5.74, 6) is -3.91. The SMILES string of the molecule is CC(=O)N(C(=O)c1ccccc1O)[C@@H](C)C(=O)N[C@@H](C)C(=O)O. The first-order valence-electron chi connectivity index (χ1n) is 6.82. The predicted octanol–water partition coefficient (Wildman–Crippen LogP) is 0.359. The fraction of sp³-hybridized carbons (Fsp3) is 0.333. The Bertz CT molecular complexity index is 643. The molecule has 1 rings (SSSR count). The third kappa shape index (κ3) is 4.29. The number of carboxylic acid groups (broad SMARTS) is 1. The minimum absolute atomic E-state index is 0.131. The molecule has 0 aliphatic rings. The number of carbonyl (C=O) groups is 4. The molecule has 0 radical (unpaired) electrons. The summed E-state index contributed by atoms with van der Waals surface area (Å²) in [5.41, 5.74) is -0.131. The summed E-state index contributed by atoms with van der Waals surface area (Å²) in [7, 11) is 0. The van der Waals surface area contributed by atoms with Gasteiger partial charge in [0.25, 0.3) is 5.91 Å². The van der Waals surface area contributed by atoms with E-state index in [-0.39, 0.29) is 11.3 Å². The van der Waals surface area contributed by atoms with Gasteiger partial charge in [0, 0.05) is 6.92 Å². The van der Waals surface area contributed by atoms with Crippen molar-refractivity contribution in [2.24, 2.45) is 0 Å². The highest BCUT2D eigenvalue weighted by atomic mass is 16.4. The number of aromatic hydroxyl groups is 1. The minimum atomic E-state index is -1.24. The quantitative estimate of drug-likeness (QED) is 0.719. The van der Waals surface area contributed by atoms with E-state index in [9.17, 15) is 24.3 Å². The van der Waals surface area contributed by atoms with Crippen molar-refractivity contribution in [1.82, 2.24) is 10.2 Å². The molecular weight excluding hydrogens is 304 g/mol. The smallest absolute Gasteiger partial charge is 0.325 e. The van der Waals surface area contributed by atoms with Crippen LogP contribution in [0.5, 0.6) is 5.75 Å². The maximum atomic E-state index is 12.4. The standard InChI is InChI=1S/C15H18N2O6/c1-8(15(22)23)16-13(20)9(2)17(10(3)18)14(21)11-6-4-5-7-12(11)19/h4-9,19H,1-3H3,(H,16,20)(H,22,23)/t8-,9-/m0/s1. The molecule has 1 aromatic carbocycles. The normalized spacial score (nSPS) is 12.8. The lowest BCUT2D eigenvalue weighted by Gasteiger charge is -2.26. The average molecular weight is 322 g/mol. The molecule has 3 amide bonds. The van der Waals surface area contributed by atoms with Crippen LogP contribution in [0.4, 0.5) is 0 Å². The Morgan fingerprint density at radius 1 is 1.13 bits per heavy atom. The average Bonchev–Trinajstić information content (AvgIpc) is 2.46. The van der Waals surface area contributed by atoms with Gasteiger partial charge in [-0.15, -0.1) is 0 Å². The number of carbonyl (C=O) groups excluding carboxylic acids is 3. The van der Waals surface area contributed by atoms with Crippen LogP contribution < -0.4 is 5.32 Å². The number of rotatable bonds is 5. The van der Waals surface area contributed by atoms with Crippen molar-refractivity contribution < 1.29 is 29.4 Å². The van der Waals surface area contributed by atoms with Crippen LogP contribution in [0.1, 0.15) is 31.1 Å². The van der Waals surface area contributed by atoms with Crippen LogP contribution in [0, 0.1) is 0 Å². The van der Waals surface area contributed by atoms with Gasteiger partial charge in [0.2, 0.25) is 11.8 Å². The van der Waals surface area contributed by atoms with Gasteiger partial charge >= 0.3 is 5.97 Å². The predicted molar refractivity (Wildman–Crippen MR) is 79.7 cm³/mol. The Labute approximate surface area is 132 Å². The highest BCUT2D eigenvalue weighted by molar-refractivity contribution is 6.08. The molecule has 0 saturated carbocycles. The number of nitrogens with one attached hydrogen (secondary N) is 1. The number of phenols is 1. The molecule has 0 saturated heterocycles. The van der Waals surface area contributed by atoms with Gasteiger partial charge in [0.15, 0.2) is 0 Å². The second-order valence-corrected chi connectivity index (χ2v) is 4.96. The molecule has 0 fully saturated rings. The zero-order valence-electron chi connectivity index (χ0n) is 12.9. The van der Waals surface area contributed by atoms with Crippen molar-refractivity contribution in [3.63, 3.8) is 0 Å². The number of aliphatic carboxylic acids is 1. The summed E-state index contributed by atoms with van der Waals surface area (Å²) in [6.07, 6.45) is 0. The van der Waals surface area contributed by atoms with Gasteiger partial charge in [0.05, 0.1) is 5.56 Å². The van der Waals surface area contributed by atoms with Crippen molar-refractivity contribution in [3.05, 3.63) is 29.8 Å². The first-order chi connectivity index (χ1) is 10.7. The van der Waals surface area contributed by atoms with Crippen LogP contribution in [-0.2, 0) is 14.4 Å². The molecule has 8 nitrogen and oxygen atoms in total. The molecule has 0 spiro atoms. The van der Waals surface area contributed by atoms with Gasteiger partial charge in [-0.2, -0.15) is 0 Å². The highest BCUT2D eigenvalue weighted by Gasteiger charge is 2.32. The highest BCUT2D eigenvalue weighted by Crippen LogP contribution is 2.19. The van der Waals surface area contributed by atoms with Crippen LogP contribution in [0.25, 0.3) is 0 Å². The first-order valence-corrected chi connectivity index (χ1v) is 6.82. The Balaban J connectivity index is 3.05. The lowest BCUT2D eigenvalue weighted by Crippen LogP contribution is -2.52. The largest absolute Gasteiger partial charge is 0.507 e. The first kappa shape index (κ1) is 18.1. The monoisotopic (exact) mass is 322 g/mol. The molecule has 0 bridgehead atoms. The van der Waals surface area contributed by atoms with Gasteiger partial charge in [-0.25, -0.2) is 0 Å². The van der Waals surface area contributed by atoms with Crippen LogP contribution in [0.3, 0.4) is 0 Å². The number of amides is 3. The molecule has 0 unspecified atom stereocenters. The van der Waals surface area contributed by atoms with Crippen LogP contribution in [0.2, 0.25) is 0 Å². The molecular formula is C15H18N2O6. The van der Waals surface area contributed by atoms with Crippen molar-refractivity contribution in [3.8, 4) is 5.75 Å². The maximum Gasteiger partial charge on any atom is 0.325 e. The van der Waals surface area contributed by atoms with Crippen molar-refractivity contribution in [2.75, 3.05) is 0 Å². The second-order valence-electron chi connectivity index (χ2n) is 4.96. The van der Waals surface area contributed by atoms with E-state index in [0.29, 0.717) is 4.90 Å². The summed E-state index contributed by atoms with van der Waals surface area (Å²) >= 11 is 0. The van der Waals surface area contributed by atoms with Crippen molar-refractivity contribution in [1.29, 1.82) is 0 Å². The molecule has 8 heteroatoms. The summed E-state index contributed by atoms with van der Waals surface area (Å²) in [5, 5.41) is 20.7. The molecule has 124 valence electrons. The number of para-hydroxylation sites is 1. The zero-order valence-corrected chi connectivity index (χ0v) is 12.9. The molecule has 0 aliphatic carbocycles. The summed E-state index contributed by atoms with van der Waals surface area (Å²) in [6, 6.07) is 3.21. The molecule has 23 heavy (non-hydrogen) atoms. The van der Waals surface area contributed by atoms with E-state index >= 15 is 0 Å². The fourth-order valence-corrected chi connectivity index (χ4v) is 1.89. The van der Waals surface area contributed by atoms with Crippen LogP contribution in [0.15, 0.2) is 24.3 Å². The van der Waals surface area contributed by atoms with E-state index in [1.807, 2.05) is 0 Å². The minimum Gasteiger partial charge on any atom is -0.507 e. The van der Waals surface area contributed by atoms with Gasteiger partial charge in [0.1, 0.15) is 17.8 Å². The third-order valence-electron chi connectivity index (χ3n) is 3.19. The number of imide groups is 1. The number of hydrogen-bond acceptors (Lipinski definition) is 5. The molecule has 0 aromatic heterocycles. The number of carboxylic acids is 1. The van der Waals surface area contributed by atoms with E-state index in [4.69, 9.17) is 5.11 Å². The van der Waals surface area contributed by atoms with E-state index in [2.05, 4.69) is 5.32 Å². The number of phenolic OH excluding ortho intramolecular Hbond substituents is 1. The molecule has 0 heterocycles. The topological polar surface area (TPSA) is 124 Å². The molecule has 1 aromatic rings. The van der Waals surface area contributed by atoms with E-state index in [1.54, 1.807) is 0 Å². The number of hydrogen-bond donors (Lipinski definition) is 3. The third-order valence-corrected chi connectivity index (χ3v) is 3.19. The Morgan fingerprint density at radius 3 is 2.17 bits per heavy atom. The number of benzene rings is 1. The Hall–Kier alpha value is -2.90. The van der Waals surface area contributed by atoms with E-state index < -0.39 is 35.8 Å². The van der Waals surface area contributed by atoms with Gasteiger partial charge < -0.3 is 15.5 Å². The second kappa shape index (κ2) is 7.39. The van der Waals surface area contributed by atoms with Crippen molar-refractivity contribution >= 4 is 23.7 Å². The summed E-state index contributed by atoms with van der Waals surface area (Å²) in [6.45, 7) is 3.65. The summed E-state index contributed by atoms with van der Waals surface area (Å²) < 4.78 is 0. The van der Waals surface area contributed by atoms with Crippen LogP contribution >= 0.6 is 0 Å². The zero-order chi connectivity index (χ0) is 17.7. The maximum absolute atomic E-state index is 12.4. The van der Waals surface area contributed by atoms with Crippen molar-refractivity contribution in [2.45, 2.75) is 32.9 Å². The van der Waals surface area contributed by atoms with E-state index in [0.717, 1.165) is 6.92 Å². The van der Waals surface area contributed by atoms with Crippen LogP contribution in [-0.4, -0.2) is 50.9 Å². The molecule has 0 aliphatic heterocycles. The molecule has 3 N–H and O–H groups in total. The Morgan fingerprint density at radius 2 is 1.70 bits per heavy atom. The number of nitrogens with zero attached hydrogens (tertiary/aromatic N) is 1. The lowest BCUT2D eigenvalue weighted by atomic mass is 10.1. The van der Waals surface area contributed by atoms with Gasteiger partial charge in [-0.1, -0.05) is 12.1 Å². The van der Waals surface area contributed by atoms with E-state index in [1.165, 1.54) is 38.1 Å².